The zero-order valence-electron chi connectivity index (χ0n) is 16.5. The molecule has 1 unspecified atom stereocenters. The van der Waals surface area contributed by atoms with Crippen molar-refractivity contribution in [3.63, 3.8) is 0 Å². The van der Waals surface area contributed by atoms with Crippen LogP contribution in [0.15, 0.2) is 64.5 Å². The highest BCUT2D eigenvalue weighted by Gasteiger charge is 2.20. The van der Waals surface area contributed by atoms with Gasteiger partial charge in [0.1, 0.15) is 0 Å². The summed E-state index contributed by atoms with van der Waals surface area (Å²) in [6.45, 7) is 1.18. The maximum absolute atomic E-state index is 12.6. The van der Waals surface area contributed by atoms with Crippen LogP contribution >= 0.6 is 11.8 Å². The van der Waals surface area contributed by atoms with Crippen LogP contribution in [-0.2, 0) is 22.5 Å². The molecule has 1 aliphatic rings. The number of ether oxygens (including phenoxy) is 1. The molecule has 1 atom stereocenters. The highest BCUT2D eigenvalue weighted by Crippen LogP contribution is 2.21. The molecule has 0 aliphatic carbocycles. The number of rotatable bonds is 8. The number of nitrogens with one attached hydrogen (secondary N) is 2. The van der Waals surface area contributed by atoms with Crippen LogP contribution in [0.25, 0.3) is 0 Å². The van der Waals surface area contributed by atoms with Crippen molar-refractivity contribution in [1.82, 2.24) is 14.8 Å². The highest BCUT2D eigenvalue weighted by atomic mass is 32.2. The largest absolute Gasteiger partial charge is 0.376 e. The lowest BCUT2D eigenvalue weighted by Crippen LogP contribution is -2.25. The summed E-state index contributed by atoms with van der Waals surface area (Å²) >= 11 is 1.24. The smallest absolute Gasteiger partial charge is 0.344 e. The molecule has 1 amide bonds. The van der Waals surface area contributed by atoms with Gasteiger partial charge in [0.2, 0.25) is 5.91 Å². The Kier molecular flexibility index (Phi) is 6.66. The number of carbonyl (C=O) groups is 1. The fraction of sp³-hybridized carbons (Fsp3) is 0.318. The van der Waals surface area contributed by atoms with Crippen molar-refractivity contribution in [2.24, 2.45) is 0 Å². The van der Waals surface area contributed by atoms with E-state index in [9.17, 15) is 9.59 Å². The Labute approximate surface area is 178 Å². The van der Waals surface area contributed by atoms with Gasteiger partial charge in [-0.2, -0.15) is 0 Å². The monoisotopic (exact) mass is 424 g/mol. The van der Waals surface area contributed by atoms with E-state index >= 15 is 0 Å². The van der Waals surface area contributed by atoms with E-state index in [-0.39, 0.29) is 23.5 Å². The number of hydrogen-bond donors (Lipinski definition) is 2. The van der Waals surface area contributed by atoms with Crippen LogP contribution in [0.2, 0.25) is 0 Å². The van der Waals surface area contributed by atoms with E-state index in [4.69, 9.17) is 4.74 Å². The number of H-pyrrole nitrogens is 1. The Morgan fingerprint density at radius 2 is 2.00 bits per heavy atom. The molecule has 2 aromatic carbocycles. The van der Waals surface area contributed by atoms with Crippen LogP contribution in [-0.4, -0.2) is 39.1 Å². The molecule has 2 heterocycles. The van der Waals surface area contributed by atoms with E-state index in [0.29, 0.717) is 11.7 Å². The normalized spacial score (nSPS) is 15.9. The van der Waals surface area contributed by atoms with E-state index in [0.717, 1.165) is 37.1 Å². The predicted octanol–water partition coefficient (Wildman–Crippen LogP) is 3.07. The third-order valence-electron chi connectivity index (χ3n) is 4.99. The number of thioether (sulfide) groups is 1. The van der Waals surface area contributed by atoms with Gasteiger partial charge < -0.3 is 10.1 Å². The number of carbonyl (C=O) groups excluding carboxylic acids is 1. The first-order valence-corrected chi connectivity index (χ1v) is 11.0. The zero-order chi connectivity index (χ0) is 20.8. The number of amides is 1. The molecule has 156 valence electrons. The average molecular weight is 425 g/mol. The van der Waals surface area contributed by atoms with Crippen molar-refractivity contribution in [3.8, 4) is 0 Å². The van der Waals surface area contributed by atoms with E-state index in [1.165, 1.54) is 17.3 Å². The molecule has 0 saturated carbocycles. The van der Waals surface area contributed by atoms with Gasteiger partial charge in [0, 0.05) is 12.3 Å². The van der Waals surface area contributed by atoms with Crippen LogP contribution in [0.3, 0.4) is 0 Å². The van der Waals surface area contributed by atoms with Crippen LogP contribution in [0.4, 0.5) is 5.69 Å². The maximum Gasteiger partial charge on any atom is 0.344 e. The summed E-state index contributed by atoms with van der Waals surface area (Å²) in [5, 5.41) is 10.0. The molecule has 8 heteroatoms. The van der Waals surface area contributed by atoms with E-state index in [1.54, 1.807) is 4.57 Å². The molecule has 30 heavy (non-hydrogen) atoms. The highest BCUT2D eigenvalue weighted by molar-refractivity contribution is 7.99. The number of aromatic nitrogens is 3. The predicted molar refractivity (Wildman–Crippen MR) is 117 cm³/mol. The van der Waals surface area contributed by atoms with Crippen molar-refractivity contribution in [2.75, 3.05) is 17.7 Å². The van der Waals surface area contributed by atoms with E-state index in [1.807, 2.05) is 42.5 Å². The molecule has 0 radical (unpaired) electrons. The van der Waals surface area contributed by atoms with Crippen molar-refractivity contribution in [1.29, 1.82) is 0 Å². The van der Waals surface area contributed by atoms with Gasteiger partial charge in [-0.3, -0.25) is 9.36 Å². The third kappa shape index (κ3) is 5.20. The molecule has 1 saturated heterocycles. The number of anilines is 1. The van der Waals surface area contributed by atoms with Crippen molar-refractivity contribution >= 4 is 23.4 Å². The molecule has 1 aliphatic heterocycles. The molecule has 1 fully saturated rings. The van der Waals surface area contributed by atoms with Crippen LogP contribution < -0.4 is 11.0 Å². The lowest BCUT2D eigenvalue weighted by Gasteiger charge is -2.12. The standard InChI is InChI=1S/C22H24N4O3S/c27-20(15-30-22-25-24-21(28)26(22)14-18-10-6-12-29-18)23-19-11-5-4-9-17(19)13-16-7-2-1-3-8-16/h1-5,7-9,11,18H,6,10,12-15H2,(H,23,27)(H,24,28). The Bertz CT molecular complexity index is 1040. The summed E-state index contributed by atoms with van der Waals surface area (Å²) in [6.07, 6.45) is 2.70. The van der Waals surface area contributed by atoms with Gasteiger partial charge in [-0.05, 0) is 36.5 Å². The SMILES string of the molecule is O=C(CSc1n[nH]c(=O)n1CC1CCCO1)Nc1ccccc1Cc1ccccc1. The van der Waals surface area contributed by atoms with Crippen molar-refractivity contribution in [2.45, 2.75) is 37.1 Å². The summed E-state index contributed by atoms with van der Waals surface area (Å²) in [5.74, 6) is 0.0230. The Morgan fingerprint density at radius 1 is 1.20 bits per heavy atom. The summed E-state index contributed by atoms with van der Waals surface area (Å²) in [7, 11) is 0. The maximum atomic E-state index is 12.6. The van der Waals surface area contributed by atoms with Gasteiger partial charge in [-0.15, -0.1) is 5.10 Å². The molecule has 4 rings (SSSR count). The summed E-state index contributed by atoms with van der Waals surface area (Å²) < 4.78 is 7.17. The van der Waals surface area contributed by atoms with Crippen LogP contribution in [0, 0.1) is 0 Å². The van der Waals surface area contributed by atoms with Crippen molar-refractivity contribution in [3.05, 3.63) is 76.2 Å². The quantitative estimate of drug-likeness (QED) is 0.543. The van der Waals surface area contributed by atoms with Crippen molar-refractivity contribution < 1.29 is 9.53 Å². The Hall–Kier alpha value is -2.84. The topological polar surface area (TPSA) is 89.0 Å². The second-order valence-corrected chi connectivity index (χ2v) is 8.16. The third-order valence-corrected chi connectivity index (χ3v) is 5.97. The number of nitrogens with zero attached hydrogens (tertiary/aromatic N) is 2. The number of para-hydroxylation sites is 1. The van der Waals surface area contributed by atoms with Gasteiger partial charge in [0.25, 0.3) is 0 Å². The van der Waals surface area contributed by atoms with Gasteiger partial charge >= 0.3 is 5.69 Å². The Balaban J connectivity index is 1.37. The number of hydrogen-bond acceptors (Lipinski definition) is 5. The number of benzene rings is 2. The van der Waals surface area contributed by atoms with E-state index < -0.39 is 0 Å². The molecule has 1 aromatic heterocycles. The fourth-order valence-corrected chi connectivity index (χ4v) is 4.25. The zero-order valence-corrected chi connectivity index (χ0v) is 17.4. The second kappa shape index (κ2) is 9.77. The summed E-state index contributed by atoms with van der Waals surface area (Å²) in [5.41, 5.74) is 2.76. The van der Waals surface area contributed by atoms with Crippen LogP contribution in [0.5, 0.6) is 0 Å². The molecule has 7 nitrogen and oxygen atoms in total. The first kappa shape index (κ1) is 20.4. The minimum absolute atomic E-state index is 0.0262. The number of aromatic amines is 1. The molecule has 3 aromatic rings. The Morgan fingerprint density at radius 3 is 2.80 bits per heavy atom. The molecule has 0 spiro atoms. The molecule has 2 N–H and O–H groups in total. The lowest BCUT2D eigenvalue weighted by molar-refractivity contribution is -0.113. The summed E-state index contributed by atoms with van der Waals surface area (Å²) in [4.78, 5) is 24.6. The minimum atomic E-state index is -0.276. The summed E-state index contributed by atoms with van der Waals surface area (Å²) in [6, 6.07) is 17.9. The fourth-order valence-electron chi connectivity index (χ4n) is 3.49. The first-order chi connectivity index (χ1) is 14.7. The van der Waals surface area contributed by atoms with Gasteiger partial charge in [0.05, 0.1) is 18.4 Å². The van der Waals surface area contributed by atoms with Gasteiger partial charge in [0.15, 0.2) is 5.16 Å². The first-order valence-electron chi connectivity index (χ1n) is 10.0. The lowest BCUT2D eigenvalue weighted by atomic mass is 10.0. The second-order valence-electron chi connectivity index (χ2n) is 7.21. The molecular formula is C22H24N4O3S. The molecule has 0 bridgehead atoms. The molecular weight excluding hydrogens is 400 g/mol. The van der Waals surface area contributed by atoms with Gasteiger partial charge in [-0.1, -0.05) is 60.3 Å². The minimum Gasteiger partial charge on any atom is -0.376 e. The van der Waals surface area contributed by atoms with Crippen LogP contribution in [0.1, 0.15) is 24.0 Å². The average Bonchev–Trinajstić information content (AvgIpc) is 3.40. The van der Waals surface area contributed by atoms with Gasteiger partial charge in [-0.25, -0.2) is 9.89 Å². The van der Waals surface area contributed by atoms with E-state index in [2.05, 4.69) is 27.6 Å².